The second-order valence-corrected chi connectivity index (χ2v) is 6.59. The lowest BCUT2D eigenvalue weighted by Crippen LogP contribution is -2.53. The van der Waals surface area contributed by atoms with Crippen LogP contribution in [-0.4, -0.2) is 66.6 Å². The van der Waals surface area contributed by atoms with Crippen molar-refractivity contribution in [3.8, 4) is 0 Å². The van der Waals surface area contributed by atoms with E-state index in [0.29, 0.717) is 19.4 Å². The van der Waals surface area contributed by atoms with Gasteiger partial charge in [0.1, 0.15) is 6.54 Å². The first-order valence-electron chi connectivity index (χ1n) is 8.69. The van der Waals surface area contributed by atoms with Crippen molar-refractivity contribution in [2.75, 3.05) is 32.7 Å². The summed E-state index contributed by atoms with van der Waals surface area (Å²) in [4.78, 5) is 27.5. The van der Waals surface area contributed by atoms with Crippen molar-refractivity contribution in [3.05, 3.63) is 0 Å². The van der Waals surface area contributed by atoms with Gasteiger partial charge in [-0.2, -0.15) is 13.2 Å². The minimum absolute atomic E-state index is 0.0208. The van der Waals surface area contributed by atoms with Crippen molar-refractivity contribution in [3.63, 3.8) is 0 Å². The van der Waals surface area contributed by atoms with E-state index in [1.807, 2.05) is 0 Å². The minimum Gasteiger partial charge on any atom is -0.341 e. The van der Waals surface area contributed by atoms with Crippen LogP contribution in [0.1, 0.15) is 39.0 Å². The van der Waals surface area contributed by atoms with Gasteiger partial charge >= 0.3 is 6.18 Å². The summed E-state index contributed by atoms with van der Waals surface area (Å²) >= 11 is 0. The van der Waals surface area contributed by atoms with Gasteiger partial charge in [-0.25, -0.2) is 0 Å². The van der Waals surface area contributed by atoms with Gasteiger partial charge in [-0.15, -0.1) is 0 Å². The lowest BCUT2D eigenvalue weighted by atomic mass is 9.95. The molecule has 2 aliphatic rings. The Labute approximate surface area is 140 Å². The third-order valence-electron chi connectivity index (χ3n) is 4.75. The average Bonchev–Trinajstić information content (AvgIpc) is 2.58. The van der Waals surface area contributed by atoms with E-state index in [1.54, 1.807) is 11.8 Å². The van der Waals surface area contributed by atoms with E-state index in [1.165, 1.54) is 0 Å². The summed E-state index contributed by atoms with van der Waals surface area (Å²) in [5.74, 6) is -1.05. The van der Waals surface area contributed by atoms with Crippen LogP contribution in [0, 0.1) is 5.92 Å². The van der Waals surface area contributed by atoms with Crippen LogP contribution >= 0.6 is 0 Å². The molecule has 24 heavy (non-hydrogen) atoms. The highest BCUT2D eigenvalue weighted by Gasteiger charge is 2.37. The van der Waals surface area contributed by atoms with Crippen LogP contribution in [-0.2, 0) is 9.59 Å². The summed E-state index contributed by atoms with van der Waals surface area (Å²) in [6, 6.07) is -0.218. The summed E-state index contributed by atoms with van der Waals surface area (Å²) in [5, 5.41) is 3.19. The predicted molar refractivity (Wildman–Crippen MR) is 83.3 cm³/mol. The molecule has 2 atom stereocenters. The summed E-state index contributed by atoms with van der Waals surface area (Å²) < 4.78 is 37.8. The van der Waals surface area contributed by atoms with E-state index in [2.05, 4.69) is 5.32 Å². The Kier molecular flexibility index (Phi) is 6.48. The molecule has 0 spiro atoms. The number of nitrogens with zero attached hydrogens (tertiary/aromatic N) is 2. The fraction of sp³-hybridized carbons (Fsp3) is 0.875. The molecule has 2 fully saturated rings. The van der Waals surface area contributed by atoms with Gasteiger partial charge in [-0.3, -0.25) is 9.59 Å². The van der Waals surface area contributed by atoms with Gasteiger partial charge in [0.05, 0.1) is 12.0 Å². The van der Waals surface area contributed by atoms with Crippen molar-refractivity contribution in [2.24, 2.45) is 5.92 Å². The van der Waals surface area contributed by atoms with Crippen molar-refractivity contribution < 1.29 is 22.8 Å². The highest BCUT2D eigenvalue weighted by molar-refractivity contribution is 5.84. The van der Waals surface area contributed by atoms with Crippen LogP contribution < -0.4 is 5.32 Å². The molecule has 0 aromatic carbocycles. The summed E-state index contributed by atoms with van der Waals surface area (Å²) in [7, 11) is 0. The quantitative estimate of drug-likeness (QED) is 0.842. The third kappa shape index (κ3) is 5.09. The zero-order valence-electron chi connectivity index (χ0n) is 14.1. The van der Waals surface area contributed by atoms with E-state index in [4.69, 9.17) is 0 Å². The molecule has 1 N–H and O–H groups in total. The number of halogens is 3. The topological polar surface area (TPSA) is 52.7 Å². The van der Waals surface area contributed by atoms with Crippen LogP contribution in [0.4, 0.5) is 13.2 Å². The maximum Gasteiger partial charge on any atom is 0.406 e. The minimum atomic E-state index is -4.40. The molecule has 138 valence electrons. The van der Waals surface area contributed by atoms with Gasteiger partial charge in [0, 0.05) is 19.6 Å². The van der Waals surface area contributed by atoms with Crippen molar-refractivity contribution in [1.29, 1.82) is 0 Å². The second kappa shape index (κ2) is 8.18. The number of hydrogen-bond acceptors (Lipinski definition) is 3. The molecule has 0 aromatic rings. The van der Waals surface area contributed by atoms with Crippen LogP contribution in [0.25, 0.3) is 0 Å². The third-order valence-corrected chi connectivity index (χ3v) is 4.75. The Hall–Kier alpha value is -1.31. The van der Waals surface area contributed by atoms with E-state index in [-0.39, 0.29) is 25.0 Å². The molecule has 0 radical (unpaired) electrons. The van der Waals surface area contributed by atoms with Crippen LogP contribution in [0.5, 0.6) is 0 Å². The number of likely N-dealkylation sites (tertiary alicyclic amines) is 1. The van der Waals surface area contributed by atoms with Crippen molar-refractivity contribution in [1.82, 2.24) is 15.1 Å². The zero-order chi connectivity index (χ0) is 17.7. The fourth-order valence-corrected chi connectivity index (χ4v) is 3.48. The number of rotatable bonds is 4. The zero-order valence-corrected chi connectivity index (χ0v) is 14.1. The Morgan fingerprint density at radius 3 is 2.54 bits per heavy atom. The first kappa shape index (κ1) is 19.0. The maximum atomic E-state index is 12.6. The molecule has 5 nitrogen and oxygen atoms in total. The molecular formula is C16H26F3N3O2. The normalized spacial score (nSPS) is 25.4. The number of nitrogens with one attached hydrogen (secondary N) is 1. The molecule has 0 aliphatic carbocycles. The van der Waals surface area contributed by atoms with E-state index in [0.717, 1.165) is 30.7 Å². The van der Waals surface area contributed by atoms with Gasteiger partial charge in [0.15, 0.2) is 0 Å². The monoisotopic (exact) mass is 349 g/mol. The Morgan fingerprint density at radius 2 is 1.96 bits per heavy atom. The SMILES string of the molecule is CCN(CC(F)(F)F)C(=O)[C@H]1CCCN(C(=O)[C@@H]2CCCCN2)C1. The van der Waals surface area contributed by atoms with Crippen LogP contribution in [0.15, 0.2) is 0 Å². The molecule has 2 aliphatic heterocycles. The van der Waals surface area contributed by atoms with Crippen LogP contribution in [0.3, 0.4) is 0 Å². The standard InChI is InChI=1S/C16H26F3N3O2/c1-2-21(11-16(17,18)19)14(23)12-6-5-9-22(10-12)15(24)13-7-3-4-8-20-13/h12-13,20H,2-11H2,1H3/t12-,13-/m0/s1. The van der Waals surface area contributed by atoms with Gasteiger partial charge in [-0.1, -0.05) is 6.42 Å². The first-order valence-corrected chi connectivity index (χ1v) is 8.69. The molecule has 2 amide bonds. The number of amides is 2. The summed E-state index contributed by atoms with van der Waals surface area (Å²) in [6.45, 7) is 1.95. The molecule has 2 saturated heterocycles. The number of carbonyl (C=O) groups is 2. The second-order valence-electron chi connectivity index (χ2n) is 6.59. The lowest BCUT2D eigenvalue weighted by Gasteiger charge is -2.37. The molecule has 2 heterocycles. The Bertz CT molecular complexity index is 450. The number of hydrogen-bond donors (Lipinski definition) is 1. The molecule has 0 aromatic heterocycles. The van der Waals surface area contributed by atoms with E-state index < -0.39 is 24.5 Å². The van der Waals surface area contributed by atoms with Crippen LogP contribution in [0.2, 0.25) is 0 Å². The number of piperidine rings is 2. The van der Waals surface area contributed by atoms with Crippen molar-refractivity contribution in [2.45, 2.75) is 51.2 Å². The van der Waals surface area contributed by atoms with Crippen molar-refractivity contribution >= 4 is 11.8 Å². The number of alkyl halides is 3. The summed E-state index contributed by atoms with van der Waals surface area (Å²) in [6.07, 6.45) is -0.388. The van der Waals surface area contributed by atoms with Gasteiger partial charge in [0.25, 0.3) is 0 Å². The molecule has 2 rings (SSSR count). The Morgan fingerprint density at radius 1 is 1.21 bits per heavy atom. The molecular weight excluding hydrogens is 323 g/mol. The maximum absolute atomic E-state index is 12.6. The fourth-order valence-electron chi connectivity index (χ4n) is 3.48. The molecule has 8 heteroatoms. The highest BCUT2D eigenvalue weighted by Crippen LogP contribution is 2.23. The van der Waals surface area contributed by atoms with Gasteiger partial charge in [-0.05, 0) is 39.2 Å². The predicted octanol–water partition coefficient (Wildman–Crippen LogP) is 1.78. The Balaban J connectivity index is 1.95. The smallest absolute Gasteiger partial charge is 0.341 e. The molecule has 0 saturated carbocycles. The molecule has 0 unspecified atom stereocenters. The highest BCUT2D eigenvalue weighted by atomic mass is 19.4. The average molecular weight is 349 g/mol. The van der Waals surface area contributed by atoms with Gasteiger partial charge in [0.2, 0.25) is 11.8 Å². The number of carbonyl (C=O) groups excluding carboxylic acids is 2. The lowest BCUT2D eigenvalue weighted by molar-refractivity contribution is -0.165. The first-order chi connectivity index (χ1) is 11.3. The van der Waals surface area contributed by atoms with E-state index >= 15 is 0 Å². The molecule has 0 bridgehead atoms. The van der Waals surface area contributed by atoms with Gasteiger partial charge < -0.3 is 15.1 Å². The van der Waals surface area contributed by atoms with E-state index in [9.17, 15) is 22.8 Å². The summed E-state index contributed by atoms with van der Waals surface area (Å²) in [5.41, 5.74) is 0. The largest absolute Gasteiger partial charge is 0.406 e.